The van der Waals surface area contributed by atoms with Gasteiger partial charge in [0.25, 0.3) is 0 Å². The van der Waals surface area contributed by atoms with Gasteiger partial charge in [-0.15, -0.1) is 0 Å². The quantitative estimate of drug-likeness (QED) is 0.366. The molecule has 40 heavy (non-hydrogen) atoms. The lowest BCUT2D eigenvalue weighted by atomic mass is 9.83. The molecule has 1 amide bonds. The van der Waals surface area contributed by atoms with E-state index >= 15 is 0 Å². The number of ether oxygens (including phenoxy) is 2. The van der Waals surface area contributed by atoms with Gasteiger partial charge in [0.05, 0.1) is 12.5 Å². The molecule has 5 rings (SSSR count). The predicted molar refractivity (Wildman–Crippen MR) is 147 cm³/mol. The molecule has 0 radical (unpaired) electrons. The number of likely N-dealkylation sites (tertiary alicyclic amines) is 1. The summed E-state index contributed by atoms with van der Waals surface area (Å²) in [5.74, 6) is -0.646. The number of aryl methyl sites for hydroxylation is 2. The van der Waals surface area contributed by atoms with E-state index < -0.39 is 11.9 Å². The molecular formula is C30H36N5O5+. The summed E-state index contributed by atoms with van der Waals surface area (Å²) < 4.78 is 13.0. The van der Waals surface area contributed by atoms with Gasteiger partial charge in [0, 0.05) is 43.0 Å². The topological polar surface area (TPSA) is 109 Å². The maximum absolute atomic E-state index is 13.9. The molecule has 2 aliphatic heterocycles. The summed E-state index contributed by atoms with van der Waals surface area (Å²) in [5.41, 5.74) is 2.55. The molecule has 210 valence electrons. The summed E-state index contributed by atoms with van der Waals surface area (Å²) in [6.45, 7) is 3.43. The number of unbranched alkanes of at least 4 members (excludes halogenated alkanes) is 1. The van der Waals surface area contributed by atoms with Gasteiger partial charge in [-0.1, -0.05) is 19.4 Å². The third-order valence-corrected chi connectivity index (χ3v) is 7.81. The third kappa shape index (κ3) is 6.07. The molecule has 0 bridgehead atoms. The van der Waals surface area contributed by atoms with Crippen LogP contribution in [0.5, 0.6) is 11.5 Å². The average molecular weight is 547 g/mol. The standard InChI is InChI=1S/C30H35N5O5/c1-3-4-14-35(23-6-5-13-33(2)16-23)28(36)18-34-17-24(21-7-10-26-27(15-21)40-20-39-26)29(30(37)38)25(34)9-8-22-11-12-31-19-32-22/h5-7,10-13,15-16,19,24-25,29H,3-4,8-9,14,17-18,20H2,1-2H3/p+1/t24-,25+,29-/m1/s1. The van der Waals surface area contributed by atoms with Crippen molar-refractivity contribution in [3.63, 3.8) is 0 Å². The van der Waals surface area contributed by atoms with E-state index in [1.165, 1.54) is 6.33 Å². The Morgan fingerprint density at radius 3 is 2.80 bits per heavy atom. The number of carbonyl (C=O) groups excluding carboxylic acids is 1. The molecule has 3 atom stereocenters. The number of nitrogens with zero attached hydrogens (tertiary/aromatic N) is 5. The maximum atomic E-state index is 13.9. The van der Waals surface area contributed by atoms with Crippen LogP contribution in [0.1, 0.15) is 43.4 Å². The Kier molecular flexibility index (Phi) is 8.54. The zero-order valence-corrected chi connectivity index (χ0v) is 23.0. The van der Waals surface area contributed by atoms with Gasteiger partial charge >= 0.3 is 5.97 Å². The van der Waals surface area contributed by atoms with Crippen molar-refractivity contribution in [3.05, 3.63) is 72.6 Å². The van der Waals surface area contributed by atoms with E-state index in [2.05, 4.69) is 21.8 Å². The second-order valence-corrected chi connectivity index (χ2v) is 10.4. The molecule has 2 aromatic heterocycles. The van der Waals surface area contributed by atoms with Crippen molar-refractivity contribution < 1.29 is 28.7 Å². The average Bonchev–Trinajstić information content (AvgIpc) is 3.57. The van der Waals surface area contributed by atoms with E-state index in [1.807, 2.05) is 65.3 Å². The lowest BCUT2D eigenvalue weighted by Gasteiger charge is -2.29. The van der Waals surface area contributed by atoms with Crippen molar-refractivity contribution >= 4 is 17.6 Å². The van der Waals surface area contributed by atoms with Crippen molar-refractivity contribution in [1.29, 1.82) is 0 Å². The largest absolute Gasteiger partial charge is 0.481 e. The molecule has 0 unspecified atom stereocenters. The van der Waals surface area contributed by atoms with Crippen LogP contribution in [0.4, 0.5) is 5.69 Å². The van der Waals surface area contributed by atoms with Crippen LogP contribution in [-0.2, 0) is 23.1 Å². The summed E-state index contributed by atoms with van der Waals surface area (Å²) in [4.78, 5) is 38.9. The van der Waals surface area contributed by atoms with Crippen LogP contribution < -0.4 is 18.9 Å². The zero-order valence-electron chi connectivity index (χ0n) is 23.0. The number of aliphatic carboxylic acids is 1. The molecule has 10 nitrogen and oxygen atoms in total. The minimum atomic E-state index is -0.872. The molecule has 10 heteroatoms. The molecule has 1 fully saturated rings. The minimum absolute atomic E-state index is 0.0397. The fourth-order valence-corrected chi connectivity index (χ4v) is 5.80. The number of hydrogen-bond donors (Lipinski definition) is 1. The molecule has 0 spiro atoms. The number of amides is 1. The molecule has 1 saturated heterocycles. The van der Waals surface area contributed by atoms with Crippen LogP contribution >= 0.6 is 0 Å². The van der Waals surface area contributed by atoms with Crippen LogP contribution in [0.25, 0.3) is 0 Å². The van der Waals surface area contributed by atoms with E-state index in [9.17, 15) is 14.7 Å². The Bertz CT molecular complexity index is 1340. The highest BCUT2D eigenvalue weighted by atomic mass is 16.7. The number of hydrogen-bond acceptors (Lipinski definition) is 7. The second-order valence-electron chi connectivity index (χ2n) is 10.4. The highest BCUT2D eigenvalue weighted by molar-refractivity contribution is 5.94. The summed E-state index contributed by atoms with van der Waals surface area (Å²) in [7, 11) is 1.93. The number of benzene rings is 1. The monoisotopic (exact) mass is 546 g/mol. The van der Waals surface area contributed by atoms with Crippen molar-refractivity contribution in [3.8, 4) is 11.5 Å². The van der Waals surface area contributed by atoms with Crippen molar-refractivity contribution in [2.24, 2.45) is 13.0 Å². The Morgan fingerprint density at radius 1 is 1.20 bits per heavy atom. The lowest BCUT2D eigenvalue weighted by molar-refractivity contribution is -0.670. The first-order valence-corrected chi connectivity index (χ1v) is 13.8. The highest BCUT2D eigenvalue weighted by Crippen LogP contribution is 2.43. The van der Waals surface area contributed by atoms with Crippen molar-refractivity contribution in [2.45, 2.75) is 44.6 Å². The van der Waals surface area contributed by atoms with E-state index in [1.54, 1.807) is 6.20 Å². The lowest BCUT2D eigenvalue weighted by Crippen LogP contribution is -2.45. The van der Waals surface area contributed by atoms with Gasteiger partial charge in [0.1, 0.15) is 19.1 Å². The number of carboxylic acids is 1. The maximum Gasteiger partial charge on any atom is 0.308 e. The molecule has 0 aliphatic carbocycles. The minimum Gasteiger partial charge on any atom is -0.481 e. The number of carbonyl (C=O) groups is 2. The fourth-order valence-electron chi connectivity index (χ4n) is 5.80. The van der Waals surface area contributed by atoms with Gasteiger partial charge in [0.2, 0.25) is 12.7 Å². The van der Waals surface area contributed by atoms with E-state index in [-0.39, 0.29) is 31.2 Å². The summed E-state index contributed by atoms with van der Waals surface area (Å²) in [6, 6.07) is 11.0. The smallest absolute Gasteiger partial charge is 0.308 e. The number of aromatic nitrogens is 3. The first-order chi connectivity index (χ1) is 19.4. The zero-order chi connectivity index (χ0) is 28.1. The molecule has 2 aliphatic rings. The summed E-state index contributed by atoms with van der Waals surface area (Å²) in [5, 5.41) is 10.5. The number of pyridine rings is 1. The van der Waals surface area contributed by atoms with Gasteiger partial charge in [-0.05, 0) is 49.1 Å². The summed E-state index contributed by atoms with van der Waals surface area (Å²) >= 11 is 0. The van der Waals surface area contributed by atoms with E-state index in [0.29, 0.717) is 37.4 Å². The van der Waals surface area contributed by atoms with Crippen LogP contribution in [-0.4, -0.2) is 64.3 Å². The molecule has 1 N–H and O–H groups in total. The van der Waals surface area contributed by atoms with Gasteiger partial charge < -0.3 is 19.5 Å². The molecule has 1 aromatic carbocycles. The highest BCUT2D eigenvalue weighted by Gasteiger charge is 2.47. The van der Waals surface area contributed by atoms with Crippen LogP contribution in [0.3, 0.4) is 0 Å². The van der Waals surface area contributed by atoms with E-state index in [4.69, 9.17) is 9.47 Å². The van der Waals surface area contributed by atoms with Gasteiger partial charge in [0.15, 0.2) is 23.9 Å². The van der Waals surface area contributed by atoms with Crippen molar-refractivity contribution in [2.75, 3.05) is 31.3 Å². The Hall–Kier alpha value is -4.05. The molecular weight excluding hydrogens is 510 g/mol. The van der Waals surface area contributed by atoms with Crippen LogP contribution in [0.2, 0.25) is 0 Å². The molecule has 3 aromatic rings. The first-order valence-electron chi connectivity index (χ1n) is 13.8. The Morgan fingerprint density at radius 2 is 2.05 bits per heavy atom. The number of rotatable bonds is 11. The fraction of sp³-hybridized carbons (Fsp3) is 0.433. The number of fused-ring (bicyclic) bond motifs is 1. The Balaban J connectivity index is 1.44. The van der Waals surface area contributed by atoms with Crippen molar-refractivity contribution in [1.82, 2.24) is 14.9 Å². The third-order valence-electron chi connectivity index (χ3n) is 7.81. The van der Waals surface area contributed by atoms with Gasteiger partial charge in [-0.25, -0.2) is 14.5 Å². The molecule has 4 heterocycles. The Labute approximate surface area is 234 Å². The second kappa shape index (κ2) is 12.4. The molecule has 0 saturated carbocycles. The van der Waals surface area contributed by atoms with Gasteiger partial charge in [-0.3, -0.25) is 14.5 Å². The normalized spacial score (nSPS) is 20.0. The number of carboxylic acid groups (broad SMARTS) is 1. The predicted octanol–water partition coefficient (Wildman–Crippen LogP) is 2.96. The number of anilines is 1. The van der Waals surface area contributed by atoms with Crippen LogP contribution in [0.15, 0.2) is 61.3 Å². The van der Waals surface area contributed by atoms with E-state index in [0.717, 1.165) is 29.8 Å². The van der Waals surface area contributed by atoms with Crippen LogP contribution in [0, 0.1) is 5.92 Å². The van der Waals surface area contributed by atoms with Gasteiger partial charge in [-0.2, -0.15) is 0 Å². The first kappa shape index (κ1) is 27.5. The summed E-state index contributed by atoms with van der Waals surface area (Å²) in [6.07, 6.45) is 10.0. The SMILES string of the molecule is CCCCN(C(=O)CN1C[C@H](c2ccc3c(c2)OCO3)[C@@H](C(=O)O)[C@@H]1CCc1ccncn1)c1ccc[n+](C)c1.